The van der Waals surface area contributed by atoms with E-state index in [4.69, 9.17) is 27.9 Å². The Morgan fingerprint density at radius 2 is 2.10 bits per heavy atom. The minimum Gasteiger partial charge on any atom is -0.462 e. The Hall–Kier alpha value is -1.78. The summed E-state index contributed by atoms with van der Waals surface area (Å²) in [4.78, 5) is 16.3. The number of ether oxygens (including phenoxy) is 1. The Morgan fingerprint density at radius 3 is 2.81 bits per heavy atom. The standard InChI is InChI=1S/C15H12Cl2N2O2/c1-3-21-15(20)9-6-10-4-5-11-13(17)12(16)8(2)18-14(11)19(10)7-9/h4-7H,3H2,1-2H3. The van der Waals surface area contributed by atoms with Gasteiger partial charge < -0.3 is 9.14 Å². The zero-order chi connectivity index (χ0) is 15.1. The van der Waals surface area contributed by atoms with Crippen molar-refractivity contribution in [2.24, 2.45) is 0 Å². The molecule has 0 aliphatic heterocycles. The van der Waals surface area contributed by atoms with Crippen LogP contribution in [0.25, 0.3) is 16.6 Å². The van der Waals surface area contributed by atoms with Crippen LogP contribution in [0.4, 0.5) is 0 Å². The first-order valence-corrected chi connectivity index (χ1v) is 7.22. The molecule has 0 unspecified atom stereocenters. The van der Waals surface area contributed by atoms with Gasteiger partial charge in [0.2, 0.25) is 0 Å². The lowest BCUT2D eigenvalue weighted by atomic mass is 10.2. The molecule has 21 heavy (non-hydrogen) atoms. The molecule has 108 valence electrons. The molecule has 0 bridgehead atoms. The molecule has 0 atom stereocenters. The molecule has 4 nitrogen and oxygen atoms in total. The van der Waals surface area contributed by atoms with E-state index in [0.29, 0.717) is 33.6 Å². The molecule has 0 spiro atoms. The SMILES string of the molecule is CCOC(=O)c1cc2ccc3c(Cl)c(Cl)c(C)nc3n2c1. The molecule has 0 saturated carbocycles. The molecule has 0 aromatic carbocycles. The first-order chi connectivity index (χ1) is 10.0. The maximum absolute atomic E-state index is 11.8. The fraction of sp³-hybridized carbons (Fsp3) is 0.200. The van der Waals surface area contributed by atoms with E-state index in [9.17, 15) is 4.79 Å². The number of aryl methyl sites for hydroxylation is 1. The second-order valence-electron chi connectivity index (χ2n) is 4.64. The van der Waals surface area contributed by atoms with Crippen LogP contribution in [-0.4, -0.2) is 22.0 Å². The van der Waals surface area contributed by atoms with Gasteiger partial charge in [0.25, 0.3) is 0 Å². The van der Waals surface area contributed by atoms with Crippen molar-refractivity contribution in [3.05, 3.63) is 45.7 Å². The van der Waals surface area contributed by atoms with E-state index in [0.717, 1.165) is 10.9 Å². The number of carbonyl (C=O) groups excluding carboxylic acids is 1. The fourth-order valence-corrected chi connectivity index (χ4v) is 2.69. The van der Waals surface area contributed by atoms with E-state index in [-0.39, 0.29) is 5.97 Å². The van der Waals surface area contributed by atoms with Crippen LogP contribution in [0.3, 0.4) is 0 Å². The van der Waals surface area contributed by atoms with Gasteiger partial charge in [0.1, 0.15) is 5.65 Å². The number of carbonyl (C=O) groups is 1. The third-order valence-electron chi connectivity index (χ3n) is 3.27. The number of esters is 1. The summed E-state index contributed by atoms with van der Waals surface area (Å²) >= 11 is 12.4. The molecule has 0 aliphatic rings. The molecule has 3 rings (SSSR count). The number of halogens is 2. The topological polar surface area (TPSA) is 43.6 Å². The van der Waals surface area contributed by atoms with Crippen LogP contribution in [0.5, 0.6) is 0 Å². The van der Waals surface area contributed by atoms with Gasteiger partial charge in [0, 0.05) is 17.1 Å². The first-order valence-electron chi connectivity index (χ1n) is 6.46. The van der Waals surface area contributed by atoms with Gasteiger partial charge in [-0.2, -0.15) is 0 Å². The molecule has 0 fully saturated rings. The van der Waals surface area contributed by atoms with Crippen LogP contribution in [0.2, 0.25) is 10.0 Å². The quantitative estimate of drug-likeness (QED) is 0.661. The number of hydrogen-bond donors (Lipinski definition) is 0. The van der Waals surface area contributed by atoms with Crippen molar-refractivity contribution in [1.29, 1.82) is 0 Å². The van der Waals surface area contributed by atoms with Crippen molar-refractivity contribution < 1.29 is 9.53 Å². The van der Waals surface area contributed by atoms with Crippen LogP contribution in [-0.2, 0) is 4.74 Å². The number of rotatable bonds is 2. The molecular weight excluding hydrogens is 311 g/mol. The van der Waals surface area contributed by atoms with E-state index in [1.807, 2.05) is 16.5 Å². The zero-order valence-corrected chi connectivity index (χ0v) is 13.0. The molecule has 0 N–H and O–H groups in total. The lowest BCUT2D eigenvalue weighted by Crippen LogP contribution is -2.02. The highest BCUT2D eigenvalue weighted by Gasteiger charge is 2.15. The molecule has 0 radical (unpaired) electrons. The number of nitrogens with zero attached hydrogens (tertiary/aromatic N) is 2. The highest BCUT2D eigenvalue weighted by Crippen LogP contribution is 2.32. The highest BCUT2D eigenvalue weighted by atomic mass is 35.5. The van der Waals surface area contributed by atoms with Gasteiger partial charge in [-0.1, -0.05) is 23.2 Å². The Kier molecular flexibility index (Phi) is 3.51. The van der Waals surface area contributed by atoms with Crippen LogP contribution >= 0.6 is 23.2 Å². The first kappa shape index (κ1) is 14.2. The predicted molar refractivity (Wildman–Crippen MR) is 83.4 cm³/mol. The zero-order valence-electron chi connectivity index (χ0n) is 11.5. The van der Waals surface area contributed by atoms with Crippen LogP contribution in [0.15, 0.2) is 24.4 Å². The van der Waals surface area contributed by atoms with Gasteiger partial charge in [-0.25, -0.2) is 9.78 Å². The fourth-order valence-electron chi connectivity index (χ4n) is 2.26. The Balaban J connectivity index is 2.31. The summed E-state index contributed by atoms with van der Waals surface area (Å²) < 4.78 is 6.83. The van der Waals surface area contributed by atoms with Gasteiger partial charge in [-0.05, 0) is 32.0 Å². The Labute approximate surface area is 131 Å². The van der Waals surface area contributed by atoms with Crippen molar-refractivity contribution in [1.82, 2.24) is 9.38 Å². The van der Waals surface area contributed by atoms with Crippen molar-refractivity contribution in [2.75, 3.05) is 6.61 Å². The van der Waals surface area contributed by atoms with Gasteiger partial charge in [0.15, 0.2) is 0 Å². The van der Waals surface area contributed by atoms with Crippen molar-refractivity contribution in [2.45, 2.75) is 13.8 Å². The Bertz CT molecular complexity index is 871. The number of aromatic nitrogens is 2. The van der Waals surface area contributed by atoms with Crippen molar-refractivity contribution in [3.63, 3.8) is 0 Å². The lowest BCUT2D eigenvalue weighted by Gasteiger charge is -2.07. The molecular formula is C15H12Cl2N2O2. The van der Waals surface area contributed by atoms with Crippen molar-refractivity contribution >= 4 is 45.7 Å². The highest BCUT2D eigenvalue weighted by molar-refractivity contribution is 6.45. The monoisotopic (exact) mass is 322 g/mol. The molecule has 6 heteroatoms. The summed E-state index contributed by atoms with van der Waals surface area (Å²) in [5, 5.41) is 1.65. The normalized spacial score (nSPS) is 11.2. The molecule has 0 aliphatic carbocycles. The molecule has 0 saturated heterocycles. The van der Waals surface area contributed by atoms with Crippen LogP contribution in [0, 0.1) is 6.92 Å². The number of fused-ring (bicyclic) bond motifs is 3. The Morgan fingerprint density at radius 1 is 1.33 bits per heavy atom. The summed E-state index contributed by atoms with van der Waals surface area (Å²) in [7, 11) is 0. The van der Waals surface area contributed by atoms with E-state index < -0.39 is 0 Å². The average molecular weight is 323 g/mol. The number of pyridine rings is 2. The molecule has 0 amide bonds. The minimum absolute atomic E-state index is 0.338. The van der Waals surface area contributed by atoms with Gasteiger partial charge in [-0.3, -0.25) is 0 Å². The van der Waals surface area contributed by atoms with Crippen LogP contribution < -0.4 is 0 Å². The predicted octanol–water partition coefficient (Wildman–Crippen LogP) is 4.28. The summed E-state index contributed by atoms with van der Waals surface area (Å²) in [6, 6.07) is 5.47. The summed E-state index contributed by atoms with van der Waals surface area (Å²) in [5.41, 5.74) is 2.63. The third-order valence-corrected chi connectivity index (χ3v) is 4.22. The molecule has 3 aromatic heterocycles. The van der Waals surface area contributed by atoms with E-state index in [2.05, 4.69) is 4.98 Å². The van der Waals surface area contributed by atoms with E-state index in [1.165, 1.54) is 0 Å². The van der Waals surface area contributed by atoms with Gasteiger partial charge in [0.05, 0.1) is 27.9 Å². The summed E-state index contributed by atoms with van der Waals surface area (Å²) in [5.74, 6) is -0.355. The maximum atomic E-state index is 11.8. The summed E-state index contributed by atoms with van der Waals surface area (Å²) in [6.45, 7) is 3.91. The lowest BCUT2D eigenvalue weighted by molar-refractivity contribution is 0.0526. The second-order valence-corrected chi connectivity index (χ2v) is 5.40. The number of hydrogen-bond acceptors (Lipinski definition) is 3. The third kappa shape index (κ3) is 2.24. The smallest absolute Gasteiger partial charge is 0.339 e. The van der Waals surface area contributed by atoms with Crippen molar-refractivity contribution in [3.8, 4) is 0 Å². The summed E-state index contributed by atoms with van der Waals surface area (Å²) in [6.07, 6.45) is 1.70. The van der Waals surface area contributed by atoms with E-state index in [1.54, 1.807) is 26.1 Å². The average Bonchev–Trinajstić information content (AvgIpc) is 2.89. The second kappa shape index (κ2) is 5.20. The van der Waals surface area contributed by atoms with E-state index >= 15 is 0 Å². The van der Waals surface area contributed by atoms with Crippen LogP contribution in [0.1, 0.15) is 23.0 Å². The molecule has 3 aromatic rings. The van der Waals surface area contributed by atoms with Gasteiger partial charge >= 0.3 is 5.97 Å². The molecule has 3 heterocycles. The van der Waals surface area contributed by atoms with Gasteiger partial charge in [-0.15, -0.1) is 0 Å². The minimum atomic E-state index is -0.355. The maximum Gasteiger partial charge on any atom is 0.339 e. The largest absolute Gasteiger partial charge is 0.462 e.